The van der Waals surface area contributed by atoms with Crippen LogP contribution in [-0.4, -0.2) is 37.3 Å². The third kappa shape index (κ3) is 5.99. The van der Waals surface area contributed by atoms with Crippen molar-refractivity contribution in [1.29, 1.82) is 0 Å². The van der Waals surface area contributed by atoms with Gasteiger partial charge in [-0.3, -0.25) is 0 Å². The highest BCUT2D eigenvalue weighted by Crippen LogP contribution is 2.29. The number of nitrogens with two attached hydrogens (primary N) is 1. The molecule has 1 atom stereocenters. The first-order valence-corrected chi connectivity index (χ1v) is 7.30. The SMILES string of the molecule is COCC(C)NC(N)=NCc1ccnc(OCC2CC2)c1. The summed E-state index contributed by atoms with van der Waals surface area (Å²) in [5, 5.41) is 3.07. The maximum absolute atomic E-state index is 5.83. The van der Waals surface area contributed by atoms with E-state index >= 15 is 0 Å². The van der Waals surface area contributed by atoms with E-state index in [4.69, 9.17) is 15.2 Å². The molecular weight excluding hydrogens is 268 g/mol. The van der Waals surface area contributed by atoms with E-state index < -0.39 is 0 Å². The summed E-state index contributed by atoms with van der Waals surface area (Å²) in [6.07, 6.45) is 4.28. The monoisotopic (exact) mass is 292 g/mol. The zero-order valence-electron chi connectivity index (χ0n) is 12.7. The summed E-state index contributed by atoms with van der Waals surface area (Å²) in [5.74, 6) is 1.79. The highest BCUT2D eigenvalue weighted by Gasteiger charge is 2.22. The van der Waals surface area contributed by atoms with Gasteiger partial charge in [-0.05, 0) is 37.3 Å². The van der Waals surface area contributed by atoms with E-state index in [0.29, 0.717) is 25.0 Å². The second-order valence-electron chi connectivity index (χ2n) is 5.46. The Morgan fingerprint density at radius 3 is 3.10 bits per heavy atom. The number of hydrogen-bond donors (Lipinski definition) is 2. The van der Waals surface area contributed by atoms with Crippen LogP contribution < -0.4 is 15.8 Å². The standard InChI is InChI=1S/C15H24N4O2/c1-11(9-20-2)19-15(16)18-8-13-5-6-17-14(7-13)21-10-12-3-4-12/h5-7,11-12H,3-4,8-10H2,1-2H3,(H3,16,18,19). The van der Waals surface area contributed by atoms with Crippen molar-refractivity contribution in [3.8, 4) is 5.88 Å². The van der Waals surface area contributed by atoms with Gasteiger partial charge in [-0.15, -0.1) is 0 Å². The summed E-state index contributed by atoms with van der Waals surface area (Å²) in [6, 6.07) is 3.96. The molecule has 1 heterocycles. The predicted octanol–water partition coefficient (Wildman–Crippen LogP) is 1.31. The van der Waals surface area contributed by atoms with Gasteiger partial charge in [0.25, 0.3) is 0 Å². The number of rotatable bonds is 8. The number of nitrogens with zero attached hydrogens (tertiary/aromatic N) is 2. The van der Waals surface area contributed by atoms with Crippen molar-refractivity contribution in [3.63, 3.8) is 0 Å². The zero-order valence-corrected chi connectivity index (χ0v) is 12.7. The van der Waals surface area contributed by atoms with Crippen molar-refractivity contribution in [3.05, 3.63) is 23.9 Å². The van der Waals surface area contributed by atoms with E-state index in [9.17, 15) is 0 Å². The van der Waals surface area contributed by atoms with Gasteiger partial charge in [0.2, 0.25) is 5.88 Å². The summed E-state index contributed by atoms with van der Waals surface area (Å²) in [7, 11) is 1.66. The van der Waals surface area contributed by atoms with Gasteiger partial charge in [0.1, 0.15) is 0 Å². The number of ether oxygens (including phenoxy) is 2. The molecule has 1 fully saturated rings. The second kappa shape index (κ2) is 7.83. The lowest BCUT2D eigenvalue weighted by molar-refractivity contribution is 0.179. The molecule has 6 heteroatoms. The molecule has 3 N–H and O–H groups in total. The van der Waals surface area contributed by atoms with Gasteiger partial charge in [-0.25, -0.2) is 9.98 Å². The minimum Gasteiger partial charge on any atom is -0.477 e. The lowest BCUT2D eigenvalue weighted by atomic mass is 10.3. The minimum atomic E-state index is 0.133. The highest BCUT2D eigenvalue weighted by atomic mass is 16.5. The summed E-state index contributed by atoms with van der Waals surface area (Å²) in [4.78, 5) is 8.51. The number of pyridine rings is 1. The first-order valence-electron chi connectivity index (χ1n) is 7.30. The Hall–Kier alpha value is -1.82. The first-order chi connectivity index (χ1) is 10.2. The molecule has 6 nitrogen and oxygen atoms in total. The maximum Gasteiger partial charge on any atom is 0.213 e. The molecular formula is C15H24N4O2. The van der Waals surface area contributed by atoms with Crippen LogP contribution in [0.4, 0.5) is 0 Å². The van der Waals surface area contributed by atoms with Crippen LogP contribution >= 0.6 is 0 Å². The van der Waals surface area contributed by atoms with E-state index in [1.54, 1.807) is 13.3 Å². The molecule has 0 spiro atoms. The average molecular weight is 292 g/mol. The molecule has 2 rings (SSSR count). The molecule has 0 saturated heterocycles. The van der Waals surface area contributed by atoms with Crippen LogP contribution in [0, 0.1) is 5.92 Å². The van der Waals surface area contributed by atoms with Gasteiger partial charge >= 0.3 is 0 Å². The molecule has 1 saturated carbocycles. The maximum atomic E-state index is 5.83. The number of aromatic nitrogens is 1. The smallest absolute Gasteiger partial charge is 0.213 e. The fourth-order valence-corrected chi connectivity index (χ4v) is 1.88. The summed E-state index contributed by atoms with van der Waals surface area (Å²) < 4.78 is 10.7. The molecule has 21 heavy (non-hydrogen) atoms. The average Bonchev–Trinajstić information content (AvgIpc) is 3.28. The molecule has 1 aromatic heterocycles. The predicted molar refractivity (Wildman–Crippen MR) is 82.3 cm³/mol. The Morgan fingerprint density at radius 1 is 1.57 bits per heavy atom. The fraction of sp³-hybridized carbons (Fsp3) is 0.600. The quantitative estimate of drug-likeness (QED) is 0.557. The Kier molecular flexibility index (Phi) is 5.80. The summed E-state index contributed by atoms with van der Waals surface area (Å²) >= 11 is 0. The number of aliphatic imine (C=N–C) groups is 1. The van der Waals surface area contributed by atoms with E-state index in [-0.39, 0.29) is 6.04 Å². The van der Waals surface area contributed by atoms with Crippen LogP contribution in [0.2, 0.25) is 0 Å². The fourth-order valence-electron chi connectivity index (χ4n) is 1.88. The van der Waals surface area contributed by atoms with Crippen molar-refractivity contribution in [2.75, 3.05) is 20.3 Å². The molecule has 116 valence electrons. The number of guanidine groups is 1. The molecule has 0 radical (unpaired) electrons. The van der Waals surface area contributed by atoms with Gasteiger partial charge in [-0.1, -0.05) is 0 Å². The summed E-state index contributed by atoms with van der Waals surface area (Å²) in [5.41, 5.74) is 6.86. The largest absolute Gasteiger partial charge is 0.477 e. The van der Waals surface area contributed by atoms with Crippen molar-refractivity contribution < 1.29 is 9.47 Å². The van der Waals surface area contributed by atoms with Crippen LogP contribution in [0.3, 0.4) is 0 Å². The van der Waals surface area contributed by atoms with Crippen molar-refractivity contribution >= 4 is 5.96 Å². The van der Waals surface area contributed by atoms with Gasteiger partial charge in [0.05, 0.1) is 19.8 Å². The first kappa shape index (κ1) is 15.6. The number of hydrogen-bond acceptors (Lipinski definition) is 4. The van der Waals surface area contributed by atoms with Crippen molar-refractivity contribution in [2.45, 2.75) is 32.4 Å². The third-order valence-corrected chi connectivity index (χ3v) is 3.21. The molecule has 1 aliphatic carbocycles. The number of methoxy groups -OCH3 is 1. The van der Waals surface area contributed by atoms with Crippen molar-refractivity contribution in [1.82, 2.24) is 10.3 Å². The van der Waals surface area contributed by atoms with E-state index in [2.05, 4.69) is 15.3 Å². The molecule has 0 amide bonds. The van der Waals surface area contributed by atoms with Crippen LogP contribution in [0.1, 0.15) is 25.3 Å². The molecule has 0 bridgehead atoms. The van der Waals surface area contributed by atoms with E-state index in [0.717, 1.165) is 18.1 Å². The molecule has 1 unspecified atom stereocenters. The van der Waals surface area contributed by atoms with Gasteiger partial charge < -0.3 is 20.5 Å². The van der Waals surface area contributed by atoms with Crippen LogP contribution in [0.25, 0.3) is 0 Å². The lowest BCUT2D eigenvalue weighted by Crippen LogP contribution is -2.40. The minimum absolute atomic E-state index is 0.133. The molecule has 1 aliphatic rings. The van der Waals surface area contributed by atoms with Gasteiger partial charge in [0.15, 0.2) is 5.96 Å². The van der Waals surface area contributed by atoms with Crippen LogP contribution in [0.5, 0.6) is 5.88 Å². The highest BCUT2D eigenvalue weighted by molar-refractivity contribution is 5.78. The normalized spacial score (nSPS) is 16.6. The lowest BCUT2D eigenvalue weighted by Gasteiger charge is -2.13. The Bertz CT molecular complexity index is 474. The van der Waals surface area contributed by atoms with Crippen LogP contribution in [-0.2, 0) is 11.3 Å². The molecule has 0 aliphatic heterocycles. The Balaban J connectivity index is 1.82. The summed E-state index contributed by atoms with van der Waals surface area (Å²) in [6.45, 7) is 3.84. The van der Waals surface area contributed by atoms with Crippen LogP contribution in [0.15, 0.2) is 23.3 Å². The Morgan fingerprint density at radius 2 is 2.38 bits per heavy atom. The third-order valence-electron chi connectivity index (χ3n) is 3.21. The van der Waals surface area contributed by atoms with Crippen molar-refractivity contribution in [2.24, 2.45) is 16.6 Å². The van der Waals surface area contributed by atoms with E-state index in [1.165, 1.54) is 12.8 Å². The van der Waals surface area contributed by atoms with E-state index in [1.807, 2.05) is 19.1 Å². The zero-order chi connectivity index (χ0) is 15.1. The van der Waals surface area contributed by atoms with Gasteiger partial charge in [-0.2, -0.15) is 0 Å². The molecule has 0 aromatic carbocycles. The Labute approximate surface area is 125 Å². The molecule has 1 aromatic rings. The number of nitrogens with one attached hydrogen (secondary N) is 1. The topological polar surface area (TPSA) is 81.8 Å². The second-order valence-corrected chi connectivity index (χ2v) is 5.46. The van der Waals surface area contributed by atoms with Gasteiger partial charge in [0, 0.05) is 25.4 Å².